The minimum atomic E-state index is -4.73. The third-order valence-corrected chi connectivity index (χ3v) is 3.62. The first-order valence-corrected chi connectivity index (χ1v) is 7.26. The molecule has 2 heterocycles. The summed E-state index contributed by atoms with van der Waals surface area (Å²) in [7, 11) is 0. The van der Waals surface area contributed by atoms with Crippen molar-refractivity contribution in [2.24, 2.45) is 0 Å². The van der Waals surface area contributed by atoms with Crippen molar-refractivity contribution < 1.29 is 18.0 Å². The second kappa shape index (κ2) is 5.84. The number of alkyl halides is 3. The standard InChI is InChI=1S/C14H9F3N4OS/c15-14(16,17)11-10(12(22)20-13-18-6-7-23-13)8-19-21(11)9-4-2-1-3-5-9/h1-8H,(H,18,20,22). The van der Waals surface area contributed by atoms with E-state index in [1.807, 2.05) is 0 Å². The Kier molecular flexibility index (Phi) is 3.87. The van der Waals surface area contributed by atoms with Gasteiger partial charge in [0.25, 0.3) is 5.91 Å². The van der Waals surface area contributed by atoms with E-state index in [-0.39, 0.29) is 10.8 Å². The summed E-state index contributed by atoms with van der Waals surface area (Å²) in [6.07, 6.45) is -2.39. The molecule has 2 aromatic heterocycles. The zero-order chi connectivity index (χ0) is 16.4. The van der Waals surface area contributed by atoms with Gasteiger partial charge < -0.3 is 0 Å². The molecule has 0 aliphatic rings. The Bertz CT molecular complexity index is 812. The molecule has 0 saturated heterocycles. The summed E-state index contributed by atoms with van der Waals surface area (Å²) in [4.78, 5) is 15.9. The second-order valence-corrected chi connectivity index (χ2v) is 5.34. The van der Waals surface area contributed by atoms with Crippen LogP contribution in [0.5, 0.6) is 0 Å². The Labute approximate surface area is 132 Å². The lowest BCUT2D eigenvalue weighted by molar-refractivity contribution is -0.143. The van der Waals surface area contributed by atoms with Crippen LogP contribution in [-0.2, 0) is 6.18 Å². The predicted octanol–water partition coefficient (Wildman–Crippen LogP) is 3.60. The van der Waals surface area contributed by atoms with Crippen molar-refractivity contribution in [3.8, 4) is 5.69 Å². The van der Waals surface area contributed by atoms with Gasteiger partial charge in [0.05, 0.1) is 17.4 Å². The third kappa shape index (κ3) is 3.09. The van der Waals surface area contributed by atoms with E-state index in [1.54, 1.807) is 23.6 Å². The van der Waals surface area contributed by atoms with E-state index in [1.165, 1.54) is 18.3 Å². The molecule has 0 aliphatic heterocycles. The smallest absolute Gasteiger partial charge is 0.298 e. The van der Waals surface area contributed by atoms with Crippen molar-refractivity contribution in [2.75, 3.05) is 5.32 Å². The number of thiazole rings is 1. The zero-order valence-corrected chi connectivity index (χ0v) is 12.2. The molecule has 9 heteroatoms. The van der Waals surface area contributed by atoms with E-state index in [9.17, 15) is 18.0 Å². The molecule has 118 valence electrons. The molecule has 0 radical (unpaired) electrons. The van der Waals surface area contributed by atoms with Crippen LogP contribution in [0.25, 0.3) is 5.69 Å². The van der Waals surface area contributed by atoms with Crippen molar-refractivity contribution in [2.45, 2.75) is 6.18 Å². The number of carbonyl (C=O) groups is 1. The normalized spacial score (nSPS) is 11.4. The molecule has 0 aliphatic carbocycles. The highest BCUT2D eigenvalue weighted by atomic mass is 32.1. The number of carbonyl (C=O) groups excluding carboxylic acids is 1. The summed E-state index contributed by atoms with van der Waals surface area (Å²) in [5, 5.41) is 7.88. The fourth-order valence-electron chi connectivity index (χ4n) is 2.00. The SMILES string of the molecule is O=C(Nc1nccs1)c1cnn(-c2ccccc2)c1C(F)(F)F. The van der Waals surface area contributed by atoms with Crippen LogP contribution in [0.3, 0.4) is 0 Å². The molecule has 1 N–H and O–H groups in total. The maximum Gasteiger partial charge on any atom is 0.434 e. The number of nitrogens with zero attached hydrogens (tertiary/aromatic N) is 3. The molecule has 3 rings (SSSR count). The monoisotopic (exact) mass is 338 g/mol. The highest BCUT2D eigenvalue weighted by molar-refractivity contribution is 7.13. The number of amides is 1. The molecule has 0 atom stereocenters. The first kappa shape index (κ1) is 15.2. The maximum absolute atomic E-state index is 13.4. The van der Waals surface area contributed by atoms with Crippen molar-refractivity contribution in [1.29, 1.82) is 0 Å². The Morgan fingerprint density at radius 1 is 1.22 bits per heavy atom. The molecule has 0 unspecified atom stereocenters. The van der Waals surface area contributed by atoms with E-state index in [4.69, 9.17) is 0 Å². The van der Waals surface area contributed by atoms with E-state index >= 15 is 0 Å². The average Bonchev–Trinajstić information content (AvgIpc) is 3.16. The summed E-state index contributed by atoms with van der Waals surface area (Å²) in [5.74, 6) is -0.908. The fourth-order valence-corrected chi connectivity index (χ4v) is 2.53. The largest absolute Gasteiger partial charge is 0.434 e. The molecule has 0 spiro atoms. The van der Waals surface area contributed by atoms with Gasteiger partial charge in [-0.15, -0.1) is 11.3 Å². The number of benzene rings is 1. The van der Waals surface area contributed by atoms with E-state index in [0.717, 1.165) is 17.5 Å². The molecule has 0 fully saturated rings. The number of hydrogen-bond donors (Lipinski definition) is 1. The van der Waals surface area contributed by atoms with Gasteiger partial charge in [-0.05, 0) is 12.1 Å². The Hall–Kier alpha value is -2.68. The van der Waals surface area contributed by atoms with Crippen molar-refractivity contribution in [3.63, 3.8) is 0 Å². The topological polar surface area (TPSA) is 59.8 Å². The summed E-state index contributed by atoms with van der Waals surface area (Å²) in [6, 6.07) is 7.81. The van der Waals surface area contributed by atoms with Crippen LogP contribution >= 0.6 is 11.3 Å². The minimum Gasteiger partial charge on any atom is -0.298 e. The number of aromatic nitrogens is 3. The van der Waals surface area contributed by atoms with Crippen molar-refractivity contribution in [1.82, 2.24) is 14.8 Å². The lowest BCUT2D eigenvalue weighted by atomic mass is 10.2. The Morgan fingerprint density at radius 2 is 1.96 bits per heavy atom. The van der Waals surface area contributed by atoms with Gasteiger partial charge in [0, 0.05) is 11.6 Å². The molecular formula is C14H9F3N4OS. The zero-order valence-electron chi connectivity index (χ0n) is 11.4. The number of rotatable bonds is 3. The lowest BCUT2D eigenvalue weighted by Crippen LogP contribution is -2.20. The molecule has 5 nitrogen and oxygen atoms in total. The third-order valence-electron chi connectivity index (χ3n) is 2.94. The van der Waals surface area contributed by atoms with Crippen molar-refractivity contribution in [3.05, 3.63) is 59.4 Å². The van der Waals surface area contributed by atoms with Crippen LogP contribution in [0.1, 0.15) is 16.1 Å². The van der Waals surface area contributed by atoms with E-state index in [2.05, 4.69) is 15.4 Å². The van der Waals surface area contributed by atoms with Crippen LogP contribution in [0.15, 0.2) is 48.1 Å². The highest BCUT2D eigenvalue weighted by Crippen LogP contribution is 2.34. The minimum absolute atomic E-state index is 0.216. The summed E-state index contributed by atoms with van der Waals surface area (Å²) in [6.45, 7) is 0. The van der Waals surface area contributed by atoms with Gasteiger partial charge in [0.1, 0.15) is 0 Å². The quantitative estimate of drug-likeness (QED) is 0.794. The summed E-state index contributed by atoms with van der Waals surface area (Å²) in [5.41, 5.74) is -1.47. The fraction of sp³-hybridized carbons (Fsp3) is 0.0714. The number of nitrogens with one attached hydrogen (secondary N) is 1. The van der Waals surface area contributed by atoms with Crippen LogP contribution < -0.4 is 5.32 Å². The van der Waals surface area contributed by atoms with Gasteiger partial charge in [-0.3, -0.25) is 10.1 Å². The number of halogens is 3. The highest BCUT2D eigenvalue weighted by Gasteiger charge is 2.40. The lowest BCUT2D eigenvalue weighted by Gasteiger charge is -2.12. The van der Waals surface area contributed by atoms with Gasteiger partial charge in [0.2, 0.25) is 0 Å². The predicted molar refractivity (Wildman–Crippen MR) is 78.6 cm³/mol. The first-order valence-electron chi connectivity index (χ1n) is 6.38. The number of para-hydroxylation sites is 1. The molecule has 0 saturated carbocycles. The van der Waals surface area contributed by atoms with E-state index in [0.29, 0.717) is 4.68 Å². The van der Waals surface area contributed by atoms with Crippen molar-refractivity contribution >= 4 is 22.4 Å². The van der Waals surface area contributed by atoms with Gasteiger partial charge in [0.15, 0.2) is 10.8 Å². The first-order chi connectivity index (χ1) is 11.0. The summed E-state index contributed by atoms with van der Waals surface area (Å²) < 4.78 is 40.9. The van der Waals surface area contributed by atoms with Gasteiger partial charge in [-0.1, -0.05) is 18.2 Å². The van der Waals surface area contributed by atoms with Gasteiger partial charge in [-0.2, -0.15) is 18.3 Å². The van der Waals surface area contributed by atoms with Gasteiger partial charge in [-0.25, -0.2) is 9.67 Å². The Morgan fingerprint density at radius 3 is 2.57 bits per heavy atom. The van der Waals surface area contributed by atoms with Crippen LogP contribution in [-0.4, -0.2) is 20.7 Å². The van der Waals surface area contributed by atoms with E-state index < -0.39 is 23.3 Å². The number of hydrogen-bond acceptors (Lipinski definition) is 4. The van der Waals surface area contributed by atoms with Gasteiger partial charge >= 0.3 is 6.18 Å². The molecular weight excluding hydrogens is 329 g/mol. The molecule has 23 heavy (non-hydrogen) atoms. The molecule has 3 aromatic rings. The maximum atomic E-state index is 13.4. The number of anilines is 1. The molecule has 0 bridgehead atoms. The Balaban J connectivity index is 2.04. The average molecular weight is 338 g/mol. The van der Waals surface area contributed by atoms with Crippen LogP contribution in [0, 0.1) is 0 Å². The summed E-state index contributed by atoms with van der Waals surface area (Å²) >= 11 is 1.11. The second-order valence-electron chi connectivity index (χ2n) is 4.44. The molecule has 1 aromatic carbocycles. The van der Waals surface area contributed by atoms with Crippen LogP contribution in [0.4, 0.5) is 18.3 Å². The molecule has 1 amide bonds. The van der Waals surface area contributed by atoms with Crippen LogP contribution in [0.2, 0.25) is 0 Å².